The van der Waals surface area contributed by atoms with Gasteiger partial charge in [0.25, 0.3) is 0 Å². The topological polar surface area (TPSA) is 41.9 Å². The minimum atomic E-state index is 0.677. The standard InChI is InChI=1S/C49H28N2OS/c50-29-35-25-34(36-16-10-20-46-47(36)38-15-7-8-19-45(38)52-46)28-41-37-17-9-18-44(49(37)53-48(35)41)51-42-23-21-32(30-11-3-1-4-12-30)26-39(42)40-27-33(22-24-43(40)51)31-13-5-2-6-14-31/h1-28H. The van der Waals surface area contributed by atoms with Crippen molar-refractivity contribution in [3.05, 3.63) is 175 Å². The summed E-state index contributed by atoms with van der Waals surface area (Å²) in [5.41, 5.74) is 12.6. The Kier molecular flexibility index (Phi) is 6.48. The third-order valence-corrected chi connectivity index (χ3v) is 11.9. The maximum absolute atomic E-state index is 10.6. The molecule has 4 heteroatoms. The highest BCUT2D eigenvalue weighted by molar-refractivity contribution is 7.26. The van der Waals surface area contributed by atoms with Gasteiger partial charge in [-0.3, -0.25) is 0 Å². The molecule has 0 unspecified atom stereocenters. The van der Waals surface area contributed by atoms with Crippen molar-refractivity contribution in [3.8, 4) is 45.1 Å². The number of thiophene rings is 1. The Balaban J connectivity index is 1.17. The second-order valence-electron chi connectivity index (χ2n) is 13.6. The molecule has 0 aliphatic carbocycles. The second-order valence-corrected chi connectivity index (χ2v) is 14.6. The van der Waals surface area contributed by atoms with Crippen LogP contribution in [0, 0.1) is 11.3 Å². The first-order chi connectivity index (χ1) is 26.2. The molecule has 0 aliphatic rings. The molecule has 3 nitrogen and oxygen atoms in total. The van der Waals surface area contributed by atoms with Gasteiger partial charge >= 0.3 is 0 Å². The number of para-hydroxylation sites is 1. The summed E-state index contributed by atoms with van der Waals surface area (Å²) in [5, 5.41) is 17.4. The van der Waals surface area contributed by atoms with Gasteiger partial charge in [-0.1, -0.05) is 115 Å². The Hall–Kier alpha value is -6.93. The smallest absolute Gasteiger partial charge is 0.136 e. The van der Waals surface area contributed by atoms with Gasteiger partial charge in [0, 0.05) is 32.3 Å². The minimum absolute atomic E-state index is 0.677. The SMILES string of the molecule is N#Cc1cc(-c2cccc3oc4ccccc4c23)cc2c1sc1c(-n3c4ccc(-c5ccccc5)cc4c4cc(-c5ccccc5)ccc43)cccc12. The number of furan rings is 1. The Bertz CT molecular complexity index is 3190. The Morgan fingerprint density at radius 1 is 0.453 bits per heavy atom. The van der Waals surface area contributed by atoms with Crippen molar-refractivity contribution in [1.29, 1.82) is 5.26 Å². The van der Waals surface area contributed by atoms with Crippen molar-refractivity contribution < 1.29 is 4.42 Å². The predicted molar refractivity (Wildman–Crippen MR) is 222 cm³/mol. The lowest BCUT2D eigenvalue weighted by Gasteiger charge is -2.10. The average molecular weight is 693 g/mol. The molecule has 0 bridgehead atoms. The quantitative estimate of drug-likeness (QED) is 0.184. The molecule has 0 radical (unpaired) electrons. The molecule has 0 aliphatic heterocycles. The maximum atomic E-state index is 10.6. The monoisotopic (exact) mass is 692 g/mol. The summed E-state index contributed by atoms with van der Waals surface area (Å²) in [6, 6.07) is 62.7. The van der Waals surface area contributed by atoms with Crippen LogP contribution in [0.25, 0.3) is 103 Å². The Labute approximate surface area is 308 Å². The van der Waals surface area contributed by atoms with Crippen LogP contribution in [0.15, 0.2) is 174 Å². The van der Waals surface area contributed by atoms with E-state index in [1.54, 1.807) is 11.3 Å². The summed E-state index contributed by atoms with van der Waals surface area (Å²) < 4.78 is 10.8. The highest BCUT2D eigenvalue weighted by Crippen LogP contribution is 2.45. The molecule has 53 heavy (non-hydrogen) atoms. The normalized spacial score (nSPS) is 11.8. The molecule has 11 aromatic rings. The molecule has 0 amide bonds. The van der Waals surface area contributed by atoms with E-state index in [4.69, 9.17) is 4.42 Å². The highest BCUT2D eigenvalue weighted by Gasteiger charge is 2.21. The van der Waals surface area contributed by atoms with E-state index in [1.807, 2.05) is 36.4 Å². The van der Waals surface area contributed by atoms with Crippen LogP contribution in [0.3, 0.4) is 0 Å². The van der Waals surface area contributed by atoms with E-state index in [0.29, 0.717) is 5.56 Å². The summed E-state index contributed by atoms with van der Waals surface area (Å²) in [5.74, 6) is 0. The lowest BCUT2D eigenvalue weighted by atomic mass is 9.96. The first kappa shape index (κ1) is 29.8. The third-order valence-electron chi connectivity index (χ3n) is 10.6. The molecule has 11 rings (SSSR count). The van der Waals surface area contributed by atoms with Crippen molar-refractivity contribution in [2.45, 2.75) is 0 Å². The van der Waals surface area contributed by atoms with Gasteiger partial charge in [0.15, 0.2) is 0 Å². The number of fused-ring (bicyclic) bond motifs is 9. The summed E-state index contributed by atoms with van der Waals surface area (Å²) in [6.45, 7) is 0. The molecule has 0 fully saturated rings. The first-order valence-electron chi connectivity index (χ1n) is 17.7. The van der Waals surface area contributed by atoms with Crippen molar-refractivity contribution in [1.82, 2.24) is 4.57 Å². The van der Waals surface area contributed by atoms with E-state index in [9.17, 15) is 5.26 Å². The van der Waals surface area contributed by atoms with Gasteiger partial charge in [-0.25, -0.2) is 0 Å². The molecule has 0 spiro atoms. The molecule has 0 saturated heterocycles. The van der Waals surface area contributed by atoms with E-state index in [0.717, 1.165) is 70.0 Å². The van der Waals surface area contributed by atoms with Gasteiger partial charge in [0.2, 0.25) is 0 Å². The van der Waals surface area contributed by atoms with E-state index >= 15 is 0 Å². The Morgan fingerprint density at radius 3 is 1.75 bits per heavy atom. The molecule has 0 N–H and O–H groups in total. The van der Waals surface area contributed by atoms with E-state index in [2.05, 4.69) is 144 Å². The zero-order valence-corrected chi connectivity index (χ0v) is 29.2. The van der Waals surface area contributed by atoms with Crippen molar-refractivity contribution in [2.24, 2.45) is 0 Å². The minimum Gasteiger partial charge on any atom is -0.456 e. The van der Waals surface area contributed by atoms with Crippen LogP contribution in [0.2, 0.25) is 0 Å². The zero-order chi connectivity index (χ0) is 35.0. The second kappa shape index (κ2) is 11.5. The van der Waals surface area contributed by atoms with Crippen LogP contribution < -0.4 is 0 Å². The van der Waals surface area contributed by atoms with Gasteiger partial charge < -0.3 is 8.98 Å². The number of aromatic nitrogens is 1. The molecular weight excluding hydrogens is 665 g/mol. The van der Waals surface area contributed by atoms with Crippen LogP contribution >= 0.6 is 11.3 Å². The van der Waals surface area contributed by atoms with Crippen LogP contribution in [0.1, 0.15) is 5.56 Å². The fraction of sp³-hybridized carbons (Fsp3) is 0. The number of nitrogens with zero attached hydrogens (tertiary/aromatic N) is 2. The fourth-order valence-electron chi connectivity index (χ4n) is 8.22. The number of nitriles is 1. The van der Waals surface area contributed by atoms with Crippen molar-refractivity contribution in [2.75, 3.05) is 0 Å². The van der Waals surface area contributed by atoms with Crippen LogP contribution in [-0.2, 0) is 0 Å². The van der Waals surface area contributed by atoms with Crippen molar-refractivity contribution >= 4 is 75.3 Å². The average Bonchev–Trinajstić information content (AvgIpc) is 3.90. The summed E-state index contributed by atoms with van der Waals surface area (Å²) in [6.07, 6.45) is 0. The van der Waals surface area contributed by atoms with Gasteiger partial charge in [-0.05, 0) is 88.0 Å². The van der Waals surface area contributed by atoms with Gasteiger partial charge in [0.1, 0.15) is 17.2 Å². The number of hydrogen-bond acceptors (Lipinski definition) is 3. The number of benzene rings is 8. The molecule has 8 aromatic carbocycles. The molecule has 246 valence electrons. The van der Waals surface area contributed by atoms with Crippen LogP contribution in [-0.4, -0.2) is 4.57 Å². The summed E-state index contributed by atoms with van der Waals surface area (Å²) >= 11 is 1.70. The molecule has 3 aromatic heterocycles. The molecule has 3 heterocycles. The first-order valence-corrected chi connectivity index (χ1v) is 18.5. The zero-order valence-electron chi connectivity index (χ0n) is 28.4. The highest BCUT2D eigenvalue weighted by atomic mass is 32.1. The van der Waals surface area contributed by atoms with E-state index < -0.39 is 0 Å². The molecule has 0 atom stereocenters. The number of rotatable bonds is 4. The molecular formula is C49H28N2OS. The largest absolute Gasteiger partial charge is 0.456 e. The number of hydrogen-bond donors (Lipinski definition) is 0. The van der Waals surface area contributed by atoms with Crippen LogP contribution in [0.5, 0.6) is 0 Å². The lowest BCUT2D eigenvalue weighted by Crippen LogP contribution is -1.94. The fourth-order valence-corrected chi connectivity index (χ4v) is 9.47. The van der Waals surface area contributed by atoms with Gasteiger partial charge in [0.05, 0.1) is 31.7 Å². The predicted octanol–water partition coefficient (Wildman–Crippen LogP) is 13.9. The van der Waals surface area contributed by atoms with Crippen molar-refractivity contribution in [3.63, 3.8) is 0 Å². The van der Waals surface area contributed by atoms with Crippen LogP contribution in [0.4, 0.5) is 0 Å². The Morgan fingerprint density at radius 2 is 1.06 bits per heavy atom. The van der Waals surface area contributed by atoms with Gasteiger partial charge in [-0.2, -0.15) is 5.26 Å². The van der Waals surface area contributed by atoms with Gasteiger partial charge in [-0.15, -0.1) is 11.3 Å². The van der Waals surface area contributed by atoms with E-state index in [-0.39, 0.29) is 0 Å². The third kappa shape index (κ3) is 4.52. The lowest BCUT2D eigenvalue weighted by molar-refractivity contribution is 0.669. The van der Waals surface area contributed by atoms with E-state index in [1.165, 1.54) is 33.0 Å². The summed E-state index contributed by atoms with van der Waals surface area (Å²) in [7, 11) is 0. The molecule has 0 saturated carbocycles. The maximum Gasteiger partial charge on any atom is 0.136 e. The summed E-state index contributed by atoms with van der Waals surface area (Å²) in [4.78, 5) is 0.